The Hall–Kier alpha value is -2.66. The van der Waals surface area contributed by atoms with E-state index in [0.29, 0.717) is 43.9 Å². The zero-order valence-corrected chi connectivity index (χ0v) is 18.8. The number of hydrogen-bond acceptors (Lipinski definition) is 8. The lowest BCUT2D eigenvalue weighted by molar-refractivity contribution is -0.116. The lowest BCUT2D eigenvalue weighted by atomic mass is 10.0. The SMILES string of the molecule is COc1ccccc1CCC(=O)Nc1sc2c(c1CN)CCN(C(=O)OCC(O)CO)C2. The first-order valence-corrected chi connectivity index (χ1v) is 11.2. The van der Waals surface area contributed by atoms with Gasteiger partial charge in [0.1, 0.15) is 18.5 Å². The number of aliphatic hydroxyl groups is 2. The van der Waals surface area contributed by atoms with Crippen molar-refractivity contribution in [1.82, 2.24) is 4.90 Å². The van der Waals surface area contributed by atoms with Crippen molar-refractivity contribution in [2.45, 2.75) is 38.5 Å². The van der Waals surface area contributed by atoms with Gasteiger partial charge in [-0.05, 0) is 30.0 Å². The molecule has 0 spiro atoms. The van der Waals surface area contributed by atoms with Gasteiger partial charge in [0, 0.05) is 30.0 Å². The van der Waals surface area contributed by atoms with Gasteiger partial charge in [-0.3, -0.25) is 4.79 Å². The molecule has 5 N–H and O–H groups in total. The molecule has 9 nitrogen and oxygen atoms in total. The van der Waals surface area contributed by atoms with Gasteiger partial charge < -0.3 is 35.6 Å². The van der Waals surface area contributed by atoms with E-state index in [4.69, 9.17) is 20.3 Å². The van der Waals surface area contributed by atoms with Crippen molar-refractivity contribution in [2.24, 2.45) is 5.73 Å². The molecule has 2 heterocycles. The lowest BCUT2D eigenvalue weighted by Crippen LogP contribution is -2.37. The Morgan fingerprint density at radius 2 is 2.12 bits per heavy atom. The summed E-state index contributed by atoms with van der Waals surface area (Å²) in [6.45, 7) is 0.359. The van der Waals surface area contributed by atoms with Gasteiger partial charge in [0.05, 0.1) is 25.3 Å². The van der Waals surface area contributed by atoms with Crippen LogP contribution in [0.4, 0.5) is 9.80 Å². The number of anilines is 1. The third-order valence-corrected chi connectivity index (χ3v) is 6.48. The minimum atomic E-state index is -1.09. The number of nitrogens with zero attached hydrogens (tertiary/aromatic N) is 1. The standard InChI is InChI=1S/C22H29N3O6S/c1-30-18-5-3-2-4-14(18)6-7-20(28)24-21-17(10-23)16-8-9-25(11-19(16)32-21)22(29)31-13-15(27)12-26/h2-5,15,26-27H,6-13,23H2,1H3,(H,24,28). The number of aryl methyl sites for hydroxylation is 1. The molecule has 0 bridgehead atoms. The number of rotatable bonds is 9. The van der Waals surface area contributed by atoms with Gasteiger partial charge in [-0.25, -0.2) is 4.79 Å². The second-order valence-electron chi connectivity index (χ2n) is 7.46. The van der Waals surface area contributed by atoms with Crippen LogP contribution in [0.2, 0.25) is 0 Å². The van der Waals surface area contributed by atoms with Gasteiger partial charge in [0.2, 0.25) is 5.91 Å². The zero-order chi connectivity index (χ0) is 23.1. The summed E-state index contributed by atoms with van der Waals surface area (Å²) in [7, 11) is 1.61. The number of nitrogens with two attached hydrogens (primary N) is 1. The van der Waals surface area contributed by atoms with E-state index in [1.54, 1.807) is 7.11 Å². The molecule has 0 saturated carbocycles. The van der Waals surface area contributed by atoms with Crippen LogP contribution >= 0.6 is 11.3 Å². The van der Waals surface area contributed by atoms with Crippen LogP contribution in [0.25, 0.3) is 0 Å². The van der Waals surface area contributed by atoms with Crippen LogP contribution in [0.15, 0.2) is 24.3 Å². The van der Waals surface area contributed by atoms with Crippen molar-refractivity contribution in [1.29, 1.82) is 0 Å². The van der Waals surface area contributed by atoms with Gasteiger partial charge in [-0.2, -0.15) is 0 Å². The summed E-state index contributed by atoms with van der Waals surface area (Å²) >= 11 is 1.42. The zero-order valence-electron chi connectivity index (χ0n) is 18.0. The normalized spacial score (nSPS) is 13.9. The molecule has 1 aliphatic rings. The fraction of sp³-hybridized carbons (Fsp3) is 0.455. The van der Waals surface area contributed by atoms with Crippen molar-refractivity contribution in [2.75, 3.05) is 32.2 Å². The topological polar surface area (TPSA) is 134 Å². The van der Waals surface area contributed by atoms with Gasteiger partial charge >= 0.3 is 6.09 Å². The first kappa shape index (κ1) is 24.0. The Morgan fingerprint density at radius 3 is 2.84 bits per heavy atom. The highest BCUT2D eigenvalue weighted by molar-refractivity contribution is 7.16. The van der Waals surface area contributed by atoms with Crippen molar-refractivity contribution < 1.29 is 29.3 Å². The fourth-order valence-corrected chi connectivity index (χ4v) is 4.91. The first-order chi connectivity index (χ1) is 15.5. The monoisotopic (exact) mass is 463 g/mol. The highest BCUT2D eigenvalue weighted by Gasteiger charge is 2.28. The van der Waals surface area contributed by atoms with E-state index in [-0.39, 0.29) is 12.5 Å². The summed E-state index contributed by atoms with van der Waals surface area (Å²) in [5, 5.41) is 21.9. The van der Waals surface area contributed by atoms with Gasteiger partial charge in [0.25, 0.3) is 0 Å². The molecule has 0 aliphatic carbocycles. The van der Waals surface area contributed by atoms with E-state index in [0.717, 1.165) is 27.3 Å². The maximum absolute atomic E-state index is 12.6. The van der Waals surface area contributed by atoms with Crippen molar-refractivity contribution in [3.05, 3.63) is 45.8 Å². The number of para-hydroxylation sites is 1. The molecule has 1 aromatic heterocycles. The summed E-state index contributed by atoms with van der Waals surface area (Å²) in [6, 6.07) is 7.61. The number of thiophene rings is 1. The molecular formula is C22H29N3O6S. The van der Waals surface area contributed by atoms with Crippen LogP contribution in [0.3, 0.4) is 0 Å². The number of methoxy groups -OCH3 is 1. The number of carbonyl (C=O) groups is 2. The van der Waals surface area contributed by atoms with Crippen LogP contribution < -0.4 is 15.8 Å². The van der Waals surface area contributed by atoms with E-state index in [2.05, 4.69) is 5.32 Å². The molecule has 0 fully saturated rings. The lowest BCUT2D eigenvalue weighted by Gasteiger charge is -2.27. The molecule has 0 saturated heterocycles. The van der Waals surface area contributed by atoms with Gasteiger partial charge in [-0.15, -0.1) is 11.3 Å². The molecular weight excluding hydrogens is 434 g/mol. The summed E-state index contributed by atoms with van der Waals surface area (Å²) in [4.78, 5) is 27.3. The minimum Gasteiger partial charge on any atom is -0.496 e. The number of ether oxygens (including phenoxy) is 2. The number of benzene rings is 1. The highest BCUT2D eigenvalue weighted by atomic mass is 32.1. The van der Waals surface area contributed by atoms with Crippen LogP contribution in [-0.2, 0) is 35.5 Å². The smallest absolute Gasteiger partial charge is 0.410 e. The van der Waals surface area contributed by atoms with Gasteiger partial charge in [0.15, 0.2) is 0 Å². The van der Waals surface area contributed by atoms with Crippen LogP contribution in [-0.4, -0.2) is 60.1 Å². The predicted octanol–water partition coefficient (Wildman–Crippen LogP) is 1.63. The van der Waals surface area contributed by atoms with Crippen LogP contribution in [0.5, 0.6) is 5.75 Å². The van der Waals surface area contributed by atoms with Crippen LogP contribution in [0, 0.1) is 0 Å². The second-order valence-corrected chi connectivity index (χ2v) is 8.57. The van der Waals surface area contributed by atoms with E-state index < -0.39 is 18.8 Å². The summed E-state index contributed by atoms with van der Waals surface area (Å²) in [5.41, 5.74) is 8.91. The maximum atomic E-state index is 12.6. The van der Waals surface area contributed by atoms with E-state index >= 15 is 0 Å². The van der Waals surface area contributed by atoms with Crippen LogP contribution in [0.1, 0.15) is 28.0 Å². The van der Waals surface area contributed by atoms with E-state index in [1.807, 2.05) is 24.3 Å². The molecule has 1 aromatic carbocycles. The van der Waals surface area contributed by atoms with Crippen molar-refractivity contribution in [3.8, 4) is 5.75 Å². The predicted molar refractivity (Wildman–Crippen MR) is 121 cm³/mol. The Balaban J connectivity index is 1.62. The third kappa shape index (κ3) is 5.77. The number of amides is 2. The number of hydrogen-bond donors (Lipinski definition) is 4. The van der Waals surface area contributed by atoms with E-state index in [1.165, 1.54) is 16.2 Å². The summed E-state index contributed by atoms with van der Waals surface area (Å²) in [5.74, 6) is 0.645. The van der Waals surface area contributed by atoms with E-state index in [9.17, 15) is 14.7 Å². The summed E-state index contributed by atoms with van der Waals surface area (Å²) in [6.07, 6.45) is -0.181. The molecule has 32 heavy (non-hydrogen) atoms. The fourth-order valence-electron chi connectivity index (χ4n) is 3.60. The van der Waals surface area contributed by atoms with Gasteiger partial charge in [-0.1, -0.05) is 18.2 Å². The largest absolute Gasteiger partial charge is 0.496 e. The molecule has 174 valence electrons. The average molecular weight is 464 g/mol. The number of nitrogens with one attached hydrogen (secondary N) is 1. The second kappa shape index (κ2) is 11.3. The average Bonchev–Trinajstić information content (AvgIpc) is 3.16. The maximum Gasteiger partial charge on any atom is 0.410 e. The molecule has 1 atom stereocenters. The Morgan fingerprint density at radius 1 is 1.34 bits per heavy atom. The highest BCUT2D eigenvalue weighted by Crippen LogP contribution is 2.37. The number of carbonyl (C=O) groups excluding carboxylic acids is 2. The molecule has 2 aromatic rings. The summed E-state index contributed by atoms with van der Waals surface area (Å²) < 4.78 is 10.4. The molecule has 1 unspecified atom stereocenters. The Kier molecular flexibility index (Phi) is 8.46. The molecule has 0 radical (unpaired) electrons. The quantitative estimate of drug-likeness (QED) is 0.444. The molecule has 2 amide bonds. The van der Waals surface area contributed by atoms with Crippen molar-refractivity contribution >= 4 is 28.3 Å². The van der Waals surface area contributed by atoms with Crippen molar-refractivity contribution in [3.63, 3.8) is 0 Å². The number of fused-ring (bicyclic) bond motifs is 1. The third-order valence-electron chi connectivity index (χ3n) is 5.31. The number of aliphatic hydroxyl groups excluding tert-OH is 2. The first-order valence-electron chi connectivity index (χ1n) is 10.4. The minimum absolute atomic E-state index is 0.113. The molecule has 1 aliphatic heterocycles. The molecule has 10 heteroatoms. The Bertz CT molecular complexity index is 948. The molecule has 3 rings (SSSR count). The Labute approximate surface area is 190 Å².